The normalized spacial score (nSPS) is 21.3. The summed E-state index contributed by atoms with van der Waals surface area (Å²) in [4.78, 5) is 19.4. The first kappa shape index (κ1) is 19.1. The molecular formula is C21H25F2N3O2. The van der Waals surface area contributed by atoms with E-state index < -0.39 is 18.4 Å². The van der Waals surface area contributed by atoms with E-state index in [2.05, 4.69) is 17.1 Å². The van der Waals surface area contributed by atoms with Gasteiger partial charge in [0.2, 0.25) is 5.91 Å². The third-order valence-corrected chi connectivity index (χ3v) is 5.94. The smallest absolute Gasteiger partial charge is 0.274 e. The lowest BCUT2D eigenvalue weighted by Gasteiger charge is -2.28. The van der Waals surface area contributed by atoms with E-state index in [1.54, 1.807) is 9.80 Å². The Balaban J connectivity index is 1.35. The SMILES string of the molecule is O=C(CN1CCC(C(F)(F)CO)C1)N1CC=C(c2c[nH]c3ccccc23)CC1. The number of amides is 1. The Bertz CT molecular complexity index is 893. The third-order valence-electron chi connectivity index (χ3n) is 5.94. The van der Waals surface area contributed by atoms with Gasteiger partial charge in [0.05, 0.1) is 6.54 Å². The Kier molecular flexibility index (Phi) is 5.21. The van der Waals surface area contributed by atoms with Crippen LogP contribution in [0.25, 0.3) is 16.5 Å². The van der Waals surface area contributed by atoms with Gasteiger partial charge >= 0.3 is 0 Å². The highest BCUT2D eigenvalue weighted by molar-refractivity contribution is 5.93. The molecule has 2 N–H and O–H groups in total. The molecule has 1 atom stereocenters. The van der Waals surface area contributed by atoms with Crippen molar-refractivity contribution in [3.05, 3.63) is 42.1 Å². The summed E-state index contributed by atoms with van der Waals surface area (Å²) in [7, 11) is 0. The molecule has 0 saturated carbocycles. The summed E-state index contributed by atoms with van der Waals surface area (Å²) in [5.74, 6) is -3.97. The molecule has 1 unspecified atom stereocenters. The van der Waals surface area contributed by atoms with Gasteiger partial charge in [0, 0.05) is 48.2 Å². The first-order valence-electron chi connectivity index (χ1n) is 9.72. The van der Waals surface area contributed by atoms with E-state index >= 15 is 0 Å². The topological polar surface area (TPSA) is 59.6 Å². The van der Waals surface area contributed by atoms with E-state index in [0.717, 1.165) is 11.9 Å². The number of aliphatic hydroxyl groups is 1. The predicted molar refractivity (Wildman–Crippen MR) is 104 cm³/mol. The second-order valence-corrected chi connectivity index (χ2v) is 7.71. The molecule has 1 aromatic heterocycles. The van der Waals surface area contributed by atoms with Crippen molar-refractivity contribution >= 4 is 22.4 Å². The van der Waals surface area contributed by atoms with Gasteiger partial charge in [0.15, 0.2) is 0 Å². The highest BCUT2D eigenvalue weighted by Crippen LogP contribution is 2.32. The Morgan fingerprint density at radius 1 is 1.29 bits per heavy atom. The van der Waals surface area contributed by atoms with Crippen LogP contribution in [0.4, 0.5) is 8.78 Å². The zero-order valence-corrected chi connectivity index (χ0v) is 15.7. The summed E-state index contributed by atoms with van der Waals surface area (Å²) in [5.41, 5.74) is 3.50. The quantitative estimate of drug-likeness (QED) is 0.827. The minimum Gasteiger partial charge on any atom is -0.390 e. The maximum Gasteiger partial charge on any atom is 0.274 e. The molecule has 3 heterocycles. The number of carbonyl (C=O) groups excluding carboxylic acids is 1. The molecule has 2 aliphatic heterocycles. The van der Waals surface area contributed by atoms with Crippen LogP contribution in [0.3, 0.4) is 0 Å². The van der Waals surface area contributed by atoms with Crippen molar-refractivity contribution in [2.45, 2.75) is 18.8 Å². The molecule has 7 heteroatoms. The fourth-order valence-corrected chi connectivity index (χ4v) is 4.22. The van der Waals surface area contributed by atoms with Crippen molar-refractivity contribution in [3.8, 4) is 0 Å². The minimum atomic E-state index is -3.07. The standard InChI is InChI=1S/C21H25F2N3O2/c22-21(23,14-27)16-7-8-25(12-16)13-20(28)26-9-5-15(6-10-26)18-11-24-19-4-2-1-3-17(18)19/h1-5,11,16,24,27H,6-10,12-14H2. The number of carbonyl (C=O) groups is 1. The van der Waals surface area contributed by atoms with E-state index in [0.29, 0.717) is 26.1 Å². The van der Waals surface area contributed by atoms with Crippen molar-refractivity contribution < 1.29 is 18.7 Å². The van der Waals surface area contributed by atoms with Crippen LogP contribution in [-0.4, -0.2) is 71.1 Å². The molecule has 2 aliphatic rings. The van der Waals surface area contributed by atoms with Crippen LogP contribution in [0.2, 0.25) is 0 Å². The Labute approximate surface area is 162 Å². The molecule has 4 rings (SSSR count). The van der Waals surface area contributed by atoms with Gasteiger partial charge in [-0.2, -0.15) is 0 Å². The van der Waals surface area contributed by atoms with Crippen LogP contribution in [-0.2, 0) is 4.79 Å². The van der Waals surface area contributed by atoms with E-state index in [-0.39, 0.29) is 19.0 Å². The number of rotatable bonds is 5. The lowest BCUT2D eigenvalue weighted by molar-refractivity contribution is -0.132. The lowest BCUT2D eigenvalue weighted by Crippen LogP contribution is -2.42. The first-order valence-corrected chi connectivity index (χ1v) is 9.72. The van der Waals surface area contributed by atoms with Crippen LogP contribution in [0.5, 0.6) is 0 Å². The van der Waals surface area contributed by atoms with Crippen LogP contribution in [0, 0.1) is 5.92 Å². The minimum absolute atomic E-state index is 0.0257. The molecule has 0 aliphatic carbocycles. The number of hydrogen-bond donors (Lipinski definition) is 2. The maximum absolute atomic E-state index is 13.6. The number of aliphatic hydroxyl groups excluding tert-OH is 1. The van der Waals surface area contributed by atoms with Crippen LogP contribution < -0.4 is 0 Å². The van der Waals surface area contributed by atoms with Gasteiger partial charge < -0.3 is 15.0 Å². The average Bonchev–Trinajstić information content (AvgIpc) is 3.35. The highest BCUT2D eigenvalue weighted by atomic mass is 19.3. The van der Waals surface area contributed by atoms with Gasteiger partial charge in [-0.3, -0.25) is 9.69 Å². The molecule has 2 aromatic rings. The highest BCUT2D eigenvalue weighted by Gasteiger charge is 2.43. The van der Waals surface area contributed by atoms with Gasteiger partial charge in [0.25, 0.3) is 5.92 Å². The van der Waals surface area contributed by atoms with Crippen molar-refractivity contribution in [1.82, 2.24) is 14.8 Å². The van der Waals surface area contributed by atoms with Crippen molar-refractivity contribution in [1.29, 1.82) is 0 Å². The molecule has 1 amide bonds. The number of benzene rings is 1. The maximum atomic E-state index is 13.6. The molecule has 1 saturated heterocycles. The van der Waals surface area contributed by atoms with E-state index in [9.17, 15) is 13.6 Å². The molecule has 1 fully saturated rings. The summed E-state index contributed by atoms with van der Waals surface area (Å²) >= 11 is 0. The number of para-hydroxylation sites is 1. The zero-order valence-electron chi connectivity index (χ0n) is 15.7. The molecular weight excluding hydrogens is 364 g/mol. The summed E-state index contributed by atoms with van der Waals surface area (Å²) in [6, 6.07) is 8.15. The molecule has 150 valence electrons. The van der Waals surface area contributed by atoms with Crippen LogP contribution in [0.1, 0.15) is 18.4 Å². The number of hydrogen-bond acceptors (Lipinski definition) is 3. The summed E-state index contributed by atoms with van der Waals surface area (Å²) < 4.78 is 27.3. The number of H-pyrrole nitrogens is 1. The summed E-state index contributed by atoms with van der Waals surface area (Å²) in [6.45, 7) is 0.826. The molecule has 0 radical (unpaired) electrons. The third kappa shape index (κ3) is 3.69. The van der Waals surface area contributed by atoms with Gasteiger partial charge in [-0.05, 0) is 31.0 Å². The summed E-state index contributed by atoms with van der Waals surface area (Å²) in [5, 5.41) is 10.0. The fourth-order valence-electron chi connectivity index (χ4n) is 4.22. The van der Waals surface area contributed by atoms with E-state index in [1.807, 2.05) is 24.4 Å². The molecule has 1 aromatic carbocycles. The van der Waals surface area contributed by atoms with Gasteiger partial charge in [-0.15, -0.1) is 0 Å². The van der Waals surface area contributed by atoms with Crippen molar-refractivity contribution in [2.75, 3.05) is 39.3 Å². The largest absolute Gasteiger partial charge is 0.390 e. The predicted octanol–water partition coefficient (Wildman–Crippen LogP) is 2.73. The van der Waals surface area contributed by atoms with E-state index in [1.165, 1.54) is 16.5 Å². The number of fused-ring (bicyclic) bond motifs is 1. The van der Waals surface area contributed by atoms with E-state index in [4.69, 9.17) is 5.11 Å². The van der Waals surface area contributed by atoms with Gasteiger partial charge in [-0.1, -0.05) is 24.3 Å². The number of halogens is 2. The lowest BCUT2D eigenvalue weighted by atomic mass is 9.99. The molecule has 0 spiro atoms. The average molecular weight is 389 g/mol. The number of nitrogens with one attached hydrogen (secondary N) is 1. The zero-order chi connectivity index (χ0) is 19.7. The van der Waals surface area contributed by atoms with Crippen molar-refractivity contribution in [3.63, 3.8) is 0 Å². The molecule has 28 heavy (non-hydrogen) atoms. The monoisotopic (exact) mass is 389 g/mol. The number of aromatic nitrogens is 1. The van der Waals surface area contributed by atoms with Crippen LogP contribution >= 0.6 is 0 Å². The summed E-state index contributed by atoms with van der Waals surface area (Å²) in [6.07, 6.45) is 5.19. The first-order chi connectivity index (χ1) is 13.5. The Hall–Kier alpha value is -2.25. The number of nitrogens with zero attached hydrogens (tertiary/aromatic N) is 2. The van der Waals surface area contributed by atoms with Crippen molar-refractivity contribution in [2.24, 2.45) is 5.92 Å². The number of likely N-dealkylation sites (tertiary alicyclic amines) is 1. The second-order valence-electron chi connectivity index (χ2n) is 7.71. The second kappa shape index (κ2) is 7.64. The number of aromatic amines is 1. The van der Waals surface area contributed by atoms with Gasteiger partial charge in [-0.25, -0.2) is 8.78 Å². The molecule has 0 bridgehead atoms. The Morgan fingerprint density at radius 2 is 2.11 bits per heavy atom. The van der Waals surface area contributed by atoms with Gasteiger partial charge in [0.1, 0.15) is 6.61 Å². The van der Waals surface area contributed by atoms with Crippen LogP contribution in [0.15, 0.2) is 36.5 Å². The molecule has 5 nitrogen and oxygen atoms in total. The number of alkyl halides is 2. The Morgan fingerprint density at radius 3 is 2.86 bits per heavy atom. The fraction of sp³-hybridized carbons (Fsp3) is 0.476.